The highest BCUT2D eigenvalue weighted by Crippen LogP contribution is 2.25. The minimum Gasteiger partial charge on any atom is -0.338 e. The van der Waals surface area contributed by atoms with Gasteiger partial charge in [-0.1, -0.05) is 12.1 Å². The van der Waals surface area contributed by atoms with Gasteiger partial charge in [0.05, 0.1) is 0 Å². The van der Waals surface area contributed by atoms with E-state index in [4.69, 9.17) is 5.73 Å². The molecule has 5 heteroatoms. The summed E-state index contributed by atoms with van der Waals surface area (Å²) in [5.74, 6) is 0. The number of halogens is 3. The first-order chi connectivity index (χ1) is 8.37. The van der Waals surface area contributed by atoms with E-state index in [0.717, 1.165) is 10.9 Å². The maximum Gasteiger partial charge on any atom is 0.406 e. The standard InChI is InChI=1S/C13H15F3N2/c1-9(17)7-10-3-2-4-12-11(10)5-6-18(12)8-13(14,15)16/h2-6,9H,7-8,17H2,1H3. The Morgan fingerprint density at radius 3 is 2.61 bits per heavy atom. The lowest BCUT2D eigenvalue weighted by molar-refractivity contribution is -0.139. The summed E-state index contributed by atoms with van der Waals surface area (Å²) in [6.45, 7) is 0.920. The Balaban J connectivity index is 2.42. The Hall–Kier alpha value is -1.49. The summed E-state index contributed by atoms with van der Waals surface area (Å²) in [5.41, 5.74) is 7.33. The van der Waals surface area contributed by atoms with Crippen molar-refractivity contribution < 1.29 is 13.2 Å². The molecule has 1 atom stereocenters. The highest BCUT2D eigenvalue weighted by atomic mass is 19.4. The van der Waals surface area contributed by atoms with Crippen LogP contribution in [0.1, 0.15) is 12.5 Å². The number of rotatable bonds is 3. The summed E-state index contributed by atoms with van der Waals surface area (Å²) in [5, 5.41) is 0.846. The Kier molecular flexibility index (Phi) is 3.34. The van der Waals surface area contributed by atoms with Crippen molar-refractivity contribution in [2.75, 3.05) is 0 Å². The van der Waals surface area contributed by atoms with Crippen molar-refractivity contribution in [1.29, 1.82) is 0 Å². The van der Waals surface area contributed by atoms with E-state index in [-0.39, 0.29) is 6.04 Å². The van der Waals surface area contributed by atoms with E-state index in [1.807, 2.05) is 13.0 Å². The van der Waals surface area contributed by atoms with Gasteiger partial charge in [-0.3, -0.25) is 0 Å². The molecule has 0 aliphatic rings. The molecule has 0 amide bonds. The number of nitrogens with zero attached hydrogens (tertiary/aromatic N) is 1. The van der Waals surface area contributed by atoms with Crippen LogP contribution in [0.2, 0.25) is 0 Å². The number of aromatic nitrogens is 1. The molecule has 0 aliphatic carbocycles. The second-order valence-electron chi connectivity index (χ2n) is 4.59. The van der Waals surface area contributed by atoms with E-state index in [0.29, 0.717) is 11.9 Å². The van der Waals surface area contributed by atoms with Crippen LogP contribution in [0.4, 0.5) is 13.2 Å². The van der Waals surface area contributed by atoms with Gasteiger partial charge in [0.1, 0.15) is 6.54 Å². The summed E-state index contributed by atoms with van der Waals surface area (Å²) in [6.07, 6.45) is -2.07. The van der Waals surface area contributed by atoms with Crippen molar-refractivity contribution in [2.45, 2.75) is 32.1 Å². The van der Waals surface area contributed by atoms with Crippen LogP contribution < -0.4 is 5.73 Å². The normalized spacial score (nSPS) is 14.1. The Morgan fingerprint density at radius 1 is 1.28 bits per heavy atom. The van der Waals surface area contributed by atoms with Crippen LogP contribution in [0.25, 0.3) is 10.9 Å². The van der Waals surface area contributed by atoms with Gasteiger partial charge in [0, 0.05) is 23.1 Å². The minimum atomic E-state index is -4.21. The fourth-order valence-corrected chi connectivity index (χ4v) is 2.14. The van der Waals surface area contributed by atoms with Gasteiger partial charge in [0.15, 0.2) is 0 Å². The third kappa shape index (κ3) is 2.85. The average Bonchev–Trinajstić information content (AvgIpc) is 2.59. The lowest BCUT2D eigenvalue weighted by Crippen LogP contribution is -2.18. The minimum absolute atomic E-state index is 0.0124. The molecule has 1 aromatic carbocycles. The molecular formula is C13H15F3N2. The molecule has 1 heterocycles. The smallest absolute Gasteiger partial charge is 0.338 e. The maximum atomic E-state index is 12.4. The van der Waals surface area contributed by atoms with Crippen molar-refractivity contribution in [2.24, 2.45) is 5.73 Å². The van der Waals surface area contributed by atoms with Crippen LogP contribution in [0, 0.1) is 0 Å². The molecule has 98 valence electrons. The van der Waals surface area contributed by atoms with Gasteiger partial charge in [-0.25, -0.2) is 0 Å². The number of benzene rings is 1. The molecule has 0 spiro atoms. The van der Waals surface area contributed by atoms with E-state index < -0.39 is 12.7 Å². The van der Waals surface area contributed by atoms with E-state index in [1.165, 1.54) is 10.8 Å². The van der Waals surface area contributed by atoms with Crippen LogP contribution >= 0.6 is 0 Å². The zero-order valence-corrected chi connectivity index (χ0v) is 10.0. The summed E-state index contributed by atoms with van der Waals surface area (Å²) in [6, 6.07) is 7.09. The third-order valence-corrected chi connectivity index (χ3v) is 2.80. The van der Waals surface area contributed by atoms with Crippen LogP contribution in [0.5, 0.6) is 0 Å². The van der Waals surface area contributed by atoms with Crippen molar-refractivity contribution in [3.05, 3.63) is 36.0 Å². The third-order valence-electron chi connectivity index (χ3n) is 2.80. The second-order valence-corrected chi connectivity index (χ2v) is 4.59. The predicted molar refractivity (Wildman–Crippen MR) is 65.3 cm³/mol. The molecule has 2 aromatic rings. The Bertz CT molecular complexity index is 541. The Morgan fingerprint density at radius 2 is 2.00 bits per heavy atom. The zero-order valence-electron chi connectivity index (χ0n) is 10.0. The highest BCUT2D eigenvalue weighted by molar-refractivity contribution is 5.83. The van der Waals surface area contributed by atoms with Crippen molar-refractivity contribution in [1.82, 2.24) is 4.57 Å². The van der Waals surface area contributed by atoms with Gasteiger partial charge in [-0.15, -0.1) is 0 Å². The van der Waals surface area contributed by atoms with E-state index in [2.05, 4.69) is 0 Å². The van der Waals surface area contributed by atoms with E-state index >= 15 is 0 Å². The first-order valence-corrected chi connectivity index (χ1v) is 5.76. The van der Waals surface area contributed by atoms with Gasteiger partial charge in [-0.05, 0) is 31.0 Å². The fourth-order valence-electron chi connectivity index (χ4n) is 2.14. The fraction of sp³-hybridized carbons (Fsp3) is 0.385. The van der Waals surface area contributed by atoms with Crippen molar-refractivity contribution in [3.63, 3.8) is 0 Å². The molecule has 0 fully saturated rings. The summed E-state index contributed by atoms with van der Waals surface area (Å²) < 4.78 is 38.5. The number of hydrogen-bond acceptors (Lipinski definition) is 1. The Labute approximate surface area is 103 Å². The molecule has 0 radical (unpaired) electrons. The van der Waals surface area contributed by atoms with Crippen molar-refractivity contribution >= 4 is 10.9 Å². The van der Waals surface area contributed by atoms with Crippen LogP contribution in [-0.4, -0.2) is 16.8 Å². The lowest BCUT2D eigenvalue weighted by Gasteiger charge is -2.10. The van der Waals surface area contributed by atoms with Crippen LogP contribution in [0.3, 0.4) is 0 Å². The highest BCUT2D eigenvalue weighted by Gasteiger charge is 2.28. The van der Waals surface area contributed by atoms with E-state index in [1.54, 1.807) is 18.2 Å². The molecule has 0 saturated carbocycles. The predicted octanol–water partition coefficient (Wildman–Crippen LogP) is 3.09. The van der Waals surface area contributed by atoms with Crippen LogP contribution in [-0.2, 0) is 13.0 Å². The first kappa shape index (κ1) is 13.0. The monoisotopic (exact) mass is 256 g/mol. The summed E-state index contributed by atoms with van der Waals surface area (Å²) in [7, 11) is 0. The molecular weight excluding hydrogens is 241 g/mol. The van der Waals surface area contributed by atoms with Crippen molar-refractivity contribution in [3.8, 4) is 0 Å². The molecule has 2 nitrogen and oxygen atoms in total. The molecule has 0 bridgehead atoms. The number of hydrogen-bond donors (Lipinski definition) is 1. The quantitative estimate of drug-likeness (QED) is 0.898. The van der Waals surface area contributed by atoms with E-state index in [9.17, 15) is 13.2 Å². The molecule has 2 N–H and O–H groups in total. The number of nitrogens with two attached hydrogens (primary N) is 1. The molecule has 2 rings (SSSR count). The van der Waals surface area contributed by atoms with Gasteiger partial charge < -0.3 is 10.3 Å². The topological polar surface area (TPSA) is 30.9 Å². The zero-order chi connectivity index (χ0) is 13.3. The molecule has 0 saturated heterocycles. The number of alkyl halides is 3. The largest absolute Gasteiger partial charge is 0.406 e. The molecule has 1 unspecified atom stereocenters. The van der Waals surface area contributed by atoms with Gasteiger partial charge >= 0.3 is 6.18 Å². The molecule has 0 aliphatic heterocycles. The number of fused-ring (bicyclic) bond motifs is 1. The van der Waals surface area contributed by atoms with Gasteiger partial charge in [-0.2, -0.15) is 13.2 Å². The molecule has 18 heavy (non-hydrogen) atoms. The lowest BCUT2D eigenvalue weighted by atomic mass is 10.0. The SMILES string of the molecule is CC(N)Cc1cccc2c1ccn2CC(F)(F)F. The van der Waals surface area contributed by atoms with Gasteiger partial charge in [0.25, 0.3) is 0 Å². The molecule has 1 aromatic heterocycles. The first-order valence-electron chi connectivity index (χ1n) is 5.76. The average molecular weight is 256 g/mol. The second kappa shape index (κ2) is 4.65. The summed E-state index contributed by atoms with van der Waals surface area (Å²) in [4.78, 5) is 0. The van der Waals surface area contributed by atoms with Crippen LogP contribution in [0.15, 0.2) is 30.5 Å². The van der Waals surface area contributed by atoms with Gasteiger partial charge in [0.2, 0.25) is 0 Å². The maximum absolute atomic E-state index is 12.4. The summed E-state index contributed by atoms with van der Waals surface area (Å²) >= 11 is 0.